The summed E-state index contributed by atoms with van der Waals surface area (Å²) in [6.07, 6.45) is -4.49. The molecular formula is C14H12BrF3N2O2. The number of aromatic amines is 1. The second-order valence-corrected chi connectivity index (χ2v) is 5.85. The Balaban J connectivity index is 2.15. The van der Waals surface area contributed by atoms with Crippen LogP contribution in [0.5, 0.6) is 0 Å². The topological polar surface area (TPSA) is 45.3 Å². The van der Waals surface area contributed by atoms with Crippen LogP contribution in [0, 0.1) is 0 Å². The van der Waals surface area contributed by atoms with E-state index in [2.05, 4.69) is 20.9 Å². The molecule has 0 bridgehead atoms. The lowest BCUT2D eigenvalue weighted by Crippen LogP contribution is -2.37. The van der Waals surface area contributed by atoms with E-state index in [1.807, 2.05) is 4.90 Å². The van der Waals surface area contributed by atoms with E-state index in [9.17, 15) is 18.0 Å². The quantitative estimate of drug-likeness (QED) is 0.831. The molecule has 0 radical (unpaired) electrons. The molecule has 0 saturated carbocycles. The molecule has 1 fully saturated rings. The van der Waals surface area contributed by atoms with Crippen LogP contribution in [0.2, 0.25) is 0 Å². The molecule has 3 rings (SSSR count). The zero-order valence-corrected chi connectivity index (χ0v) is 12.9. The van der Waals surface area contributed by atoms with Gasteiger partial charge in [0.15, 0.2) is 5.43 Å². The van der Waals surface area contributed by atoms with Crippen molar-refractivity contribution in [1.29, 1.82) is 0 Å². The van der Waals surface area contributed by atoms with E-state index in [0.717, 1.165) is 12.1 Å². The first kappa shape index (κ1) is 15.4. The summed E-state index contributed by atoms with van der Waals surface area (Å²) < 4.78 is 44.0. The number of fused-ring (bicyclic) bond motifs is 1. The molecule has 118 valence electrons. The van der Waals surface area contributed by atoms with Gasteiger partial charge in [0.05, 0.1) is 24.3 Å². The van der Waals surface area contributed by atoms with Crippen LogP contribution in [-0.2, 0) is 10.9 Å². The number of halogens is 4. The predicted molar refractivity (Wildman–Crippen MR) is 80.3 cm³/mol. The van der Waals surface area contributed by atoms with Crippen LogP contribution >= 0.6 is 15.9 Å². The number of morpholine rings is 1. The molecule has 2 heterocycles. The average Bonchev–Trinajstić information content (AvgIpc) is 2.47. The number of pyridine rings is 1. The fourth-order valence-electron chi connectivity index (χ4n) is 2.43. The summed E-state index contributed by atoms with van der Waals surface area (Å²) >= 11 is 3.12. The lowest BCUT2D eigenvalue weighted by Gasteiger charge is -2.28. The summed E-state index contributed by atoms with van der Waals surface area (Å²) in [5.74, 6) is 0.584. The summed E-state index contributed by atoms with van der Waals surface area (Å²) in [6.45, 7) is 2.35. The lowest BCUT2D eigenvalue weighted by molar-refractivity contribution is -0.137. The Kier molecular flexibility index (Phi) is 3.90. The van der Waals surface area contributed by atoms with Gasteiger partial charge in [-0.05, 0) is 28.1 Å². The first-order chi connectivity index (χ1) is 10.4. The fourth-order valence-corrected chi connectivity index (χ4v) is 2.99. The Morgan fingerprint density at radius 1 is 1.18 bits per heavy atom. The van der Waals surface area contributed by atoms with Gasteiger partial charge < -0.3 is 14.6 Å². The lowest BCUT2D eigenvalue weighted by atomic mass is 10.1. The van der Waals surface area contributed by atoms with Gasteiger partial charge in [0.2, 0.25) is 0 Å². The molecule has 0 spiro atoms. The van der Waals surface area contributed by atoms with Crippen LogP contribution in [-0.4, -0.2) is 31.3 Å². The largest absolute Gasteiger partial charge is 0.416 e. The van der Waals surface area contributed by atoms with E-state index < -0.39 is 17.2 Å². The Hall–Kier alpha value is -1.54. The molecule has 0 atom stereocenters. The number of nitrogens with zero attached hydrogens (tertiary/aromatic N) is 1. The van der Waals surface area contributed by atoms with Crippen molar-refractivity contribution >= 4 is 32.7 Å². The van der Waals surface area contributed by atoms with Crippen molar-refractivity contribution in [2.24, 2.45) is 0 Å². The van der Waals surface area contributed by atoms with E-state index in [-0.39, 0.29) is 9.86 Å². The Labute approximate surface area is 132 Å². The Morgan fingerprint density at radius 3 is 2.50 bits per heavy atom. The molecule has 1 aromatic heterocycles. The molecule has 1 aliphatic rings. The van der Waals surface area contributed by atoms with Gasteiger partial charge in [-0.3, -0.25) is 4.79 Å². The van der Waals surface area contributed by atoms with Crippen molar-refractivity contribution in [3.63, 3.8) is 0 Å². The maximum atomic E-state index is 12.8. The van der Waals surface area contributed by atoms with Gasteiger partial charge in [0.1, 0.15) is 5.82 Å². The maximum absolute atomic E-state index is 12.8. The molecule has 2 aromatic rings. The van der Waals surface area contributed by atoms with E-state index in [1.54, 1.807) is 0 Å². The van der Waals surface area contributed by atoms with Gasteiger partial charge in [-0.2, -0.15) is 13.2 Å². The molecule has 4 nitrogen and oxygen atoms in total. The highest BCUT2D eigenvalue weighted by atomic mass is 79.9. The van der Waals surface area contributed by atoms with E-state index >= 15 is 0 Å². The highest BCUT2D eigenvalue weighted by molar-refractivity contribution is 9.10. The monoisotopic (exact) mass is 376 g/mol. The zero-order valence-electron chi connectivity index (χ0n) is 11.3. The average molecular weight is 377 g/mol. The number of H-pyrrole nitrogens is 1. The number of hydrogen-bond donors (Lipinski definition) is 1. The molecule has 1 N–H and O–H groups in total. The second kappa shape index (κ2) is 5.58. The number of aromatic nitrogens is 1. The standard InChI is InChI=1S/C14H12BrF3N2O2/c15-10-6-8(14(16,17)18)5-9-11(21)7-12(19-13(9)10)20-1-3-22-4-2-20/h5-7H,1-4H2,(H,19,21). The molecule has 0 amide bonds. The van der Waals surface area contributed by atoms with Crippen LogP contribution in [0.1, 0.15) is 5.56 Å². The Morgan fingerprint density at radius 2 is 1.86 bits per heavy atom. The number of ether oxygens (including phenoxy) is 1. The van der Waals surface area contributed by atoms with Gasteiger partial charge in [0.25, 0.3) is 0 Å². The van der Waals surface area contributed by atoms with Crippen molar-refractivity contribution in [3.8, 4) is 0 Å². The molecule has 1 aromatic carbocycles. The van der Waals surface area contributed by atoms with E-state index in [0.29, 0.717) is 37.6 Å². The number of hydrogen-bond acceptors (Lipinski definition) is 3. The summed E-state index contributed by atoms with van der Waals surface area (Å²) in [5, 5.41) is 0.0127. The van der Waals surface area contributed by atoms with Crippen LogP contribution in [0.3, 0.4) is 0 Å². The molecular weight excluding hydrogens is 365 g/mol. The zero-order chi connectivity index (χ0) is 15.9. The Bertz CT molecular complexity index is 767. The second-order valence-electron chi connectivity index (χ2n) is 5.00. The SMILES string of the molecule is O=c1cc(N2CCOCC2)[nH]c2c(Br)cc(C(F)(F)F)cc12. The highest BCUT2D eigenvalue weighted by Gasteiger charge is 2.31. The molecule has 1 aliphatic heterocycles. The smallest absolute Gasteiger partial charge is 0.378 e. The van der Waals surface area contributed by atoms with Gasteiger partial charge in [-0.15, -0.1) is 0 Å². The van der Waals surface area contributed by atoms with Gasteiger partial charge in [-0.25, -0.2) is 0 Å². The number of benzene rings is 1. The van der Waals surface area contributed by atoms with Crippen molar-refractivity contribution < 1.29 is 17.9 Å². The molecule has 0 unspecified atom stereocenters. The third-order valence-electron chi connectivity index (χ3n) is 3.56. The van der Waals surface area contributed by atoms with Crippen LogP contribution in [0.25, 0.3) is 10.9 Å². The van der Waals surface area contributed by atoms with Crippen LogP contribution in [0.4, 0.5) is 19.0 Å². The third-order valence-corrected chi connectivity index (χ3v) is 4.18. The van der Waals surface area contributed by atoms with Crippen LogP contribution < -0.4 is 10.3 Å². The van der Waals surface area contributed by atoms with Crippen molar-refractivity contribution in [2.45, 2.75) is 6.18 Å². The molecule has 22 heavy (non-hydrogen) atoms. The predicted octanol–water partition coefficient (Wildman–Crippen LogP) is 3.15. The molecule has 0 aliphatic carbocycles. The molecule has 1 saturated heterocycles. The number of anilines is 1. The van der Waals surface area contributed by atoms with Crippen molar-refractivity contribution in [3.05, 3.63) is 38.5 Å². The summed E-state index contributed by atoms with van der Waals surface area (Å²) in [5.41, 5.74) is -0.930. The highest BCUT2D eigenvalue weighted by Crippen LogP contribution is 2.34. The van der Waals surface area contributed by atoms with E-state index in [1.165, 1.54) is 6.07 Å². The summed E-state index contributed by atoms with van der Waals surface area (Å²) in [6, 6.07) is 3.18. The third kappa shape index (κ3) is 2.85. The first-order valence-electron chi connectivity index (χ1n) is 6.63. The van der Waals surface area contributed by atoms with E-state index in [4.69, 9.17) is 4.74 Å². The van der Waals surface area contributed by atoms with Gasteiger partial charge >= 0.3 is 6.18 Å². The van der Waals surface area contributed by atoms with Gasteiger partial charge in [0, 0.05) is 29.0 Å². The maximum Gasteiger partial charge on any atom is 0.416 e. The number of nitrogens with one attached hydrogen (secondary N) is 1. The van der Waals surface area contributed by atoms with Gasteiger partial charge in [-0.1, -0.05) is 0 Å². The normalized spacial score (nSPS) is 16.3. The number of alkyl halides is 3. The fraction of sp³-hybridized carbons (Fsp3) is 0.357. The summed E-state index contributed by atoms with van der Waals surface area (Å²) in [7, 11) is 0. The minimum absolute atomic E-state index is 0.0127. The van der Waals surface area contributed by atoms with Crippen molar-refractivity contribution in [1.82, 2.24) is 4.98 Å². The number of rotatable bonds is 1. The van der Waals surface area contributed by atoms with Crippen LogP contribution in [0.15, 0.2) is 27.5 Å². The molecule has 8 heteroatoms. The summed E-state index contributed by atoms with van der Waals surface area (Å²) in [4.78, 5) is 17.2. The van der Waals surface area contributed by atoms with Crippen molar-refractivity contribution in [2.75, 3.05) is 31.2 Å². The first-order valence-corrected chi connectivity index (χ1v) is 7.42. The minimum atomic E-state index is -4.49. The minimum Gasteiger partial charge on any atom is -0.378 e.